The van der Waals surface area contributed by atoms with E-state index in [4.69, 9.17) is 4.74 Å². The van der Waals surface area contributed by atoms with Crippen LogP contribution in [0.2, 0.25) is 0 Å². The lowest BCUT2D eigenvalue weighted by atomic mass is 9.98. The summed E-state index contributed by atoms with van der Waals surface area (Å²) < 4.78 is 33.1. The van der Waals surface area contributed by atoms with Crippen molar-refractivity contribution in [3.8, 4) is 0 Å². The molecule has 3 rings (SSSR count). The van der Waals surface area contributed by atoms with Gasteiger partial charge in [0.2, 0.25) is 10.0 Å². The largest absolute Gasteiger partial charge is 0.463 e. The van der Waals surface area contributed by atoms with Gasteiger partial charge in [-0.2, -0.15) is 4.31 Å². The summed E-state index contributed by atoms with van der Waals surface area (Å²) in [4.78, 5) is 22.8. The van der Waals surface area contributed by atoms with Crippen molar-refractivity contribution < 1.29 is 22.9 Å². The van der Waals surface area contributed by atoms with E-state index in [0.717, 1.165) is 5.56 Å². The molecule has 1 unspecified atom stereocenters. The van der Waals surface area contributed by atoms with E-state index >= 15 is 0 Å². The lowest BCUT2D eigenvalue weighted by molar-refractivity contribution is -0.384. The summed E-state index contributed by atoms with van der Waals surface area (Å²) in [5.74, 6) is -0.552. The van der Waals surface area contributed by atoms with Crippen molar-refractivity contribution >= 4 is 21.7 Å². The van der Waals surface area contributed by atoms with Gasteiger partial charge in [0.05, 0.1) is 22.5 Å². The summed E-state index contributed by atoms with van der Waals surface area (Å²) in [5.41, 5.74) is 1.72. The van der Waals surface area contributed by atoms with Crippen LogP contribution in [0.3, 0.4) is 0 Å². The normalized spacial score (nSPS) is 17.3. The molecule has 1 aliphatic heterocycles. The zero-order valence-electron chi connectivity index (χ0n) is 16.6. The lowest BCUT2D eigenvalue weighted by Crippen LogP contribution is -2.40. The van der Waals surface area contributed by atoms with Crippen LogP contribution < -0.4 is 0 Å². The molecular formula is C21H22N2O6S. The Hall–Kier alpha value is -3.04. The second-order valence-corrected chi connectivity index (χ2v) is 8.80. The van der Waals surface area contributed by atoms with Crippen molar-refractivity contribution in [3.63, 3.8) is 0 Å². The maximum Gasteiger partial charge on any atom is 0.335 e. The van der Waals surface area contributed by atoms with Crippen molar-refractivity contribution in [2.24, 2.45) is 0 Å². The fourth-order valence-electron chi connectivity index (χ4n) is 3.30. The number of carbonyl (C=O) groups is 1. The second kappa shape index (κ2) is 8.76. The highest BCUT2D eigenvalue weighted by molar-refractivity contribution is 7.89. The van der Waals surface area contributed by atoms with Gasteiger partial charge in [-0.05, 0) is 38.0 Å². The molecule has 0 N–H and O–H groups in total. The number of rotatable bonds is 6. The summed E-state index contributed by atoms with van der Waals surface area (Å²) in [7, 11) is -3.93. The number of non-ortho nitro benzene ring substituents is 1. The first-order valence-electron chi connectivity index (χ1n) is 9.43. The van der Waals surface area contributed by atoms with Crippen LogP contribution in [0, 0.1) is 17.0 Å². The number of aryl methyl sites for hydroxylation is 1. The molecule has 8 nitrogen and oxygen atoms in total. The lowest BCUT2D eigenvalue weighted by Gasteiger charge is -2.34. The Morgan fingerprint density at radius 3 is 2.37 bits per heavy atom. The molecule has 9 heteroatoms. The van der Waals surface area contributed by atoms with Crippen LogP contribution in [0.15, 0.2) is 65.1 Å². The van der Waals surface area contributed by atoms with Gasteiger partial charge in [0.1, 0.15) is 0 Å². The number of hydrogen-bond acceptors (Lipinski definition) is 6. The van der Waals surface area contributed by atoms with E-state index in [1.165, 1.54) is 28.6 Å². The Morgan fingerprint density at radius 1 is 1.17 bits per heavy atom. The molecule has 1 aliphatic rings. The van der Waals surface area contributed by atoms with Gasteiger partial charge in [-0.1, -0.05) is 35.9 Å². The van der Waals surface area contributed by atoms with E-state index in [1.807, 2.05) is 6.92 Å². The number of sulfonamides is 1. The third kappa shape index (κ3) is 4.42. The summed E-state index contributed by atoms with van der Waals surface area (Å²) in [5, 5.41) is 10.9. The first-order valence-corrected chi connectivity index (χ1v) is 10.9. The van der Waals surface area contributed by atoms with E-state index in [0.29, 0.717) is 5.56 Å². The standard InChI is InChI=1S/C21H22N2O6S/c1-3-29-21(24)17-8-13-20(16-6-9-18(10-7-16)23(25)26)22(14-17)30(27,28)19-11-4-15(2)5-12-19/h4-12,20H,3,13-14H2,1-2H3. The Bertz CT molecular complexity index is 1080. The van der Waals surface area contributed by atoms with Crippen molar-refractivity contribution in [1.29, 1.82) is 0 Å². The van der Waals surface area contributed by atoms with E-state index in [1.54, 1.807) is 37.3 Å². The Morgan fingerprint density at radius 2 is 1.80 bits per heavy atom. The number of carbonyl (C=O) groups excluding carboxylic acids is 1. The first kappa shape index (κ1) is 21.7. The molecule has 30 heavy (non-hydrogen) atoms. The molecule has 0 radical (unpaired) electrons. The maximum absolute atomic E-state index is 13.4. The Kier molecular flexibility index (Phi) is 6.33. The average molecular weight is 430 g/mol. The highest BCUT2D eigenvalue weighted by Gasteiger charge is 2.37. The molecule has 0 saturated heterocycles. The van der Waals surface area contributed by atoms with E-state index in [2.05, 4.69) is 0 Å². The minimum absolute atomic E-state index is 0.0785. The van der Waals surface area contributed by atoms with Crippen molar-refractivity contribution in [2.75, 3.05) is 13.2 Å². The van der Waals surface area contributed by atoms with Gasteiger partial charge in [-0.3, -0.25) is 10.1 Å². The summed E-state index contributed by atoms with van der Waals surface area (Å²) >= 11 is 0. The quantitative estimate of drug-likeness (QED) is 0.394. The van der Waals surface area contributed by atoms with Gasteiger partial charge in [-0.25, -0.2) is 13.2 Å². The monoisotopic (exact) mass is 430 g/mol. The van der Waals surface area contributed by atoms with E-state index in [-0.39, 0.29) is 35.7 Å². The van der Waals surface area contributed by atoms with Crippen molar-refractivity contribution in [3.05, 3.63) is 81.4 Å². The van der Waals surface area contributed by atoms with Crippen molar-refractivity contribution in [2.45, 2.75) is 31.2 Å². The van der Waals surface area contributed by atoms with Gasteiger partial charge >= 0.3 is 5.97 Å². The van der Waals surface area contributed by atoms with Crippen LogP contribution >= 0.6 is 0 Å². The number of ether oxygens (including phenoxy) is 1. The van der Waals surface area contributed by atoms with E-state index in [9.17, 15) is 23.3 Å². The van der Waals surface area contributed by atoms with Crippen LogP contribution in [0.5, 0.6) is 0 Å². The van der Waals surface area contributed by atoms with Gasteiger partial charge < -0.3 is 4.74 Å². The van der Waals surface area contributed by atoms with Crippen molar-refractivity contribution in [1.82, 2.24) is 4.31 Å². The van der Waals surface area contributed by atoms with Crippen LogP contribution in [0.1, 0.15) is 30.5 Å². The maximum atomic E-state index is 13.4. The zero-order chi connectivity index (χ0) is 21.9. The molecule has 1 heterocycles. The molecule has 158 valence electrons. The number of hydrogen-bond donors (Lipinski definition) is 0. The summed E-state index contributed by atoms with van der Waals surface area (Å²) in [6.07, 6.45) is 1.92. The van der Waals surface area contributed by atoms with Crippen LogP contribution in [0.25, 0.3) is 0 Å². The number of esters is 1. The molecule has 0 fully saturated rings. The fourth-order valence-corrected chi connectivity index (χ4v) is 4.91. The SMILES string of the molecule is CCOC(=O)C1=CCC(c2ccc([N+](=O)[O-])cc2)N(S(=O)(=O)c2ccc(C)cc2)C1. The minimum atomic E-state index is -3.93. The molecule has 0 amide bonds. The molecule has 0 bridgehead atoms. The highest BCUT2D eigenvalue weighted by Crippen LogP contribution is 2.35. The van der Waals surface area contributed by atoms with Gasteiger partial charge in [-0.15, -0.1) is 0 Å². The Balaban J connectivity index is 2.03. The van der Waals surface area contributed by atoms with Crippen LogP contribution in [0.4, 0.5) is 5.69 Å². The number of benzene rings is 2. The summed E-state index contributed by atoms with van der Waals surface area (Å²) in [6.45, 7) is 3.59. The zero-order valence-corrected chi connectivity index (χ0v) is 17.5. The molecule has 2 aromatic rings. The first-order chi connectivity index (χ1) is 14.2. The number of nitro groups is 1. The predicted molar refractivity (Wildman–Crippen MR) is 110 cm³/mol. The van der Waals surface area contributed by atoms with Gasteiger partial charge in [0.25, 0.3) is 5.69 Å². The van der Waals surface area contributed by atoms with Crippen LogP contribution in [-0.2, 0) is 19.6 Å². The van der Waals surface area contributed by atoms with Crippen LogP contribution in [-0.4, -0.2) is 36.8 Å². The van der Waals surface area contributed by atoms with E-state index < -0.39 is 27.0 Å². The minimum Gasteiger partial charge on any atom is -0.463 e. The van der Waals surface area contributed by atoms with Gasteiger partial charge in [0.15, 0.2) is 0 Å². The third-order valence-electron chi connectivity index (χ3n) is 4.92. The average Bonchev–Trinajstić information content (AvgIpc) is 2.74. The molecule has 2 aromatic carbocycles. The molecular weight excluding hydrogens is 408 g/mol. The molecule has 0 aromatic heterocycles. The summed E-state index contributed by atoms with van der Waals surface area (Å²) in [6, 6.07) is 11.6. The molecule has 0 spiro atoms. The number of nitrogens with zero attached hydrogens (tertiary/aromatic N) is 2. The van der Waals surface area contributed by atoms with Gasteiger partial charge in [0, 0.05) is 24.3 Å². The highest BCUT2D eigenvalue weighted by atomic mass is 32.2. The smallest absolute Gasteiger partial charge is 0.335 e. The second-order valence-electron chi connectivity index (χ2n) is 6.91. The third-order valence-corrected chi connectivity index (χ3v) is 6.78. The Labute approximate surface area is 175 Å². The number of nitro benzene ring substituents is 1. The molecule has 1 atom stereocenters. The fraction of sp³-hybridized carbons (Fsp3) is 0.286. The topological polar surface area (TPSA) is 107 Å². The molecule has 0 saturated carbocycles. The molecule has 0 aliphatic carbocycles. The predicted octanol–water partition coefficient (Wildman–Crippen LogP) is 3.53.